The van der Waals surface area contributed by atoms with Crippen LogP contribution in [0.2, 0.25) is 0 Å². The van der Waals surface area contributed by atoms with Gasteiger partial charge in [-0.2, -0.15) is 0 Å². The Labute approximate surface area is 93.0 Å². The number of hydrogen-bond donors (Lipinski definition) is 0. The third-order valence-electron chi connectivity index (χ3n) is 2.40. The lowest BCUT2D eigenvalue weighted by Gasteiger charge is -2.02. The normalized spacial score (nSPS) is 10.5. The van der Waals surface area contributed by atoms with Crippen molar-refractivity contribution < 1.29 is 0 Å². The van der Waals surface area contributed by atoms with Crippen molar-refractivity contribution in [3.63, 3.8) is 0 Å². The molecule has 0 spiro atoms. The van der Waals surface area contributed by atoms with Crippen molar-refractivity contribution >= 4 is 11.5 Å². The Morgan fingerprint density at radius 2 is 1.80 bits per heavy atom. The zero-order valence-corrected chi connectivity index (χ0v) is 9.46. The molecule has 0 bridgehead atoms. The first-order valence-electron chi connectivity index (χ1n) is 5.02. The van der Waals surface area contributed by atoms with Crippen LogP contribution in [0.1, 0.15) is 18.1 Å². The van der Waals surface area contributed by atoms with Crippen molar-refractivity contribution in [2.75, 3.05) is 0 Å². The number of benzene rings is 1. The summed E-state index contributed by atoms with van der Waals surface area (Å²) in [7, 11) is 0. The second kappa shape index (κ2) is 4.45. The summed E-state index contributed by atoms with van der Waals surface area (Å²) in [6, 6.07) is 10.0. The van der Waals surface area contributed by atoms with Gasteiger partial charge in [-0.05, 0) is 17.5 Å². The molecule has 0 unspecified atom stereocenters. The topological polar surface area (TPSA) is 22.0 Å². The Morgan fingerprint density at radius 1 is 1.13 bits per heavy atom. The van der Waals surface area contributed by atoms with Gasteiger partial charge >= 0.3 is 0 Å². The van der Waals surface area contributed by atoms with Crippen molar-refractivity contribution in [1.29, 1.82) is 0 Å². The molecule has 0 saturated heterocycles. The predicted molar refractivity (Wildman–Crippen MR) is 63.5 cm³/mol. The minimum absolute atomic E-state index is 0.0829. The maximum absolute atomic E-state index is 11.3. The standard InChI is InChI=1S/C12H13NOS/c1-2-10-3-5-11(6-4-10)9-13-12(14)7-8-15-13/h3-8H,2,9H2,1H3. The molecule has 2 nitrogen and oxygen atoms in total. The van der Waals surface area contributed by atoms with E-state index in [-0.39, 0.29) is 5.56 Å². The zero-order chi connectivity index (χ0) is 10.7. The SMILES string of the molecule is CCc1ccc(Cn2sccc2=O)cc1. The molecule has 3 heteroatoms. The smallest absolute Gasteiger partial charge is 0.260 e. The van der Waals surface area contributed by atoms with Crippen LogP contribution >= 0.6 is 11.5 Å². The lowest BCUT2D eigenvalue weighted by atomic mass is 10.1. The van der Waals surface area contributed by atoms with Crippen LogP contribution in [-0.4, -0.2) is 3.96 Å². The van der Waals surface area contributed by atoms with Gasteiger partial charge in [-0.1, -0.05) is 42.7 Å². The monoisotopic (exact) mass is 219 g/mol. The molecule has 0 aliphatic carbocycles. The van der Waals surface area contributed by atoms with Crippen LogP contribution < -0.4 is 5.56 Å². The Morgan fingerprint density at radius 3 is 2.33 bits per heavy atom. The van der Waals surface area contributed by atoms with Crippen molar-refractivity contribution in [2.24, 2.45) is 0 Å². The van der Waals surface area contributed by atoms with Crippen LogP contribution in [0.5, 0.6) is 0 Å². The van der Waals surface area contributed by atoms with Crippen molar-refractivity contribution in [3.8, 4) is 0 Å². The molecule has 0 saturated carbocycles. The van der Waals surface area contributed by atoms with Crippen LogP contribution in [0.3, 0.4) is 0 Å². The average molecular weight is 219 g/mol. The highest BCUT2D eigenvalue weighted by Gasteiger charge is 1.98. The van der Waals surface area contributed by atoms with Gasteiger partial charge in [0.25, 0.3) is 5.56 Å². The molecule has 0 N–H and O–H groups in total. The van der Waals surface area contributed by atoms with Crippen molar-refractivity contribution in [3.05, 3.63) is 57.2 Å². The molecular formula is C12H13NOS. The highest BCUT2D eigenvalue weighted by Crippen LogP contribution is 2.07. The van der Waals surface area contributed by atoms with E-state index in [1.807, 2.05) is 5.38 Å². The summed E-state index contributed by atoms with van der Waals surface area (Å²) in [5, 5.41) is 1.82. The third-order valence-corrected chi connectivity index (χ3v) is 3.22. The molecular weight excluding hydrogens is 206 g/mol. The fourth-order valence-corrected chi connectivity index (χ4v) is 2.17. The van der Waals surface area contributed by atoms with Gasteiger partial charge in [-0.3, -0.25) is 8.75 Å². The van der Waals surface area contributed by atoms with Crippen molar-refractivity contribution in [2.45, 2.75) is 19.9 Å². The molecule has 0 aliphatic heterocycles. The minimum atomic E-state index is 0.0829. The van der Waals surface area contributed by atoms with Crippen LogP contribution in [0.4, 0.5) is 0 Å². The van der Waals surface area contributed by atoms with Gasteiger partial charge in [0.1, 0.15) is 0 Å². The van der Waals surface area contributed by atoms with E-state index in [1.54, 1.807) is 10.0 Å². The van der Waals surface area contributed by atoms with Crippen molar-refractivity contribution in [1.82, 2.24) is 3.96 Å². The van der Waals surface area contributed by atoms with Gasteiger partial charge in [0.05, 0.1) is 6.54 Å². The lowest BCUT2D eigenvalue weighted by Crippen LogP contribution is -2.12. The van der Waals surface area contributed by atoms with Gasteiger partial charge in [0.2, 0.25) is 0 Å². The van der Waals surface area contributed by atoms with Gasteiger partial charge in [-0.15, -0.1) is 0 Å². The molecule has 1 aromatic carbocycles. The van der Waals surface area contributed by atoms with E-state index in [9.17, 15) is 4.79 Å². The summed E-state index contributed by atoms with van der Waals surface area (Å²) in [4.78, 5) is 11.3. The van der Waals surface area contributed by atoms with Crippen LogP contribution in [0, 0.1) is 0 Å². The first-order chi connectivity index (χ1) is 7.29. The zero-order valence-electron chi connectivity index (χ0n) is 8.64. The van der Waals surface area contributed by atoms with Crippen LogP contribution in [0.25, 0.3) is 0 Å². The first kappa shape index (κ1) is 10.2. The fraction of sp³-hybridized carbons (Fsp3) is 0.250. The summed E-state index contributed by atoms with van der Waals surface area (Å²) in [5.41, 5.74) is 2.59. The van der Waals surface area contributed by atoms with E-state index in [0.717, 1.165) is 6.42 Å². The predicted octanol–water partition coefficient (Wildman–Crippen LogP) is 2.52. The number of hydrogen-bond acceptors (Lipinski definition) is 2. The van der Waals surface area contributed by atoms with E-state index in [4.69, 9.17) is 0 Å². The number of nitrogens with zero attached hydrogens (tertiary/aromatic N) is 1. The van der Waals surface area contributed by atoms with E-state index >= 15 is 0 Å². The molecule has 0 aliphatic rings. The number of rotatable bonds is 3. The quantitative estimate of drug-likeness (QED) is 0.777. The van der Waals surface area contributed by atoms with Crippen LogP contribution in [-0.2, 0) is 13.0 Å². The van der Waals surface area contributed by atoms with E-state index in [1.165, 1.54) is 22.7 Å². The summed E-state index contributed by atoms with van der Waals surface area (Å²) >= 11 is 1.46. The third kappa shape index (κ3) is 2.36. The molecule has 1 aromatic heterocycles. The Bertz CT molecular complexity index is 481. The Kier molecular flexibility index (Phi) is 3.02. The highest BCUT2D eigenvalue weighted by atomic mass is 32.1. The number of aryl methyl sites for hydroxylation is 1. The molecule has 2 rings (SSSR count). The summed E-state index contributed by atoms with van der Waals surface area (Å²) in [5.74, 6) is 0. The first-order valence-corrected chi connectivity index (χ1v) is 5.86. The summed E-state index contributed by atoms with van der Waals surface area (Å²) in [6.45, 7) is 2.82. The molecule has 2 aromatic rings. The van der Waals surface area contributed by atoms with E-state index < -0.39 is 0 Å². The molecule has 0 amide bonds. The maximum atomic E-state index is 11.3. The van der Waals surface area contributed by atoms with Gasteiger partial charge in [0.15, 0.2) is 0 Å². The minimum Gasteiger partial charge on any atom is -0.268 e. The molecule has 1 heterocycles. The molecule has 15 heavy (non-hydrogen) atoms. The summed E-state index contributed by atoms with van der Waals surface area (Å²) < 4.78 is 1.75. The largest absolute Gasteiger partial charge is 0.268 e. The Hall–Kier alpha value is -1.35. The van der Waals surface area contributed by atoms with Gasteiger partial charge < -0.3 is 0 Å². The maximum Gasteiger partial charge on any atom is 0.260 e. The second-order valence-electron chi connectivity index (χ2n) is 3.45. The second-order valence-corrected chi connectivity index (χ2v) is 4.38. The van der Waals surface area contributed by atoms with Crippen LogP contribution in [0.15, 0.2) is 40.5 Å². The molecule has 78 valence electrons. The Balaban J connectivity index is 2.18. The molecule has 0 atom stereocenters. The lowest BCUT2D eigenvalue weighted by molar-refractivity contribution is 0.848. The van der Waals surface area contributed by atoms with E-state index in [2.05, 4.69) is 31.2 Å². The summed E-state index contributed by atoms with van der Waals surface area (Å²) in [6.07, 6.45) is 1.05. The van der Waals surface area contributed by atoms with E-state index in [0.29, 0.717) is 6.54 Å². The average Bonchev–Trinajstić information content (AvgIpc) is 2.66. The van der Waals surface area contributed by atoms with Gasteiger partial charge in [0, 0.05) is 11.4 Å². The highest BCUT2D eigenvalue weighted by molar-refractivity contribution is 7.04. The fourth-order valence-electron chi connectivity index (χ4n) is 1.46. The van der Waals surface area contributed by atoms with Gasteiger partial charge in [-0.25, -0.2) is 0 Å². The molecule has 0 radical (unpaired) electrons. The number of aromatic nitrogens is 1. The molecule has 0 fully saturated rings.